The van der Waals surface area contributed by atoms with Gasteiger partial charge in [-0.05, 0) is 39.8 Å². The molecule has 0 spiro atoms. The maximum absolute atomic E-state index is 12.3. The summed E-state index contributed by atoms with van der Waals surface area (Å²) in [5, 5.41) is 2.81. The average molecular weight is 362 g/mol. The molecule has 3 aromatic rings. The molecular weight excluding hydrogens is 340 g/mol. The summed E-state index contributed by atoms with van der Waals surface area (Å²) in [5.74, 6) is 0.592. The van der Waals surface area contributed by atoms with Crippen molar-refractivity contribution in [2.75, 3.05) is 5.32 Å². The van der Waals surface area contributed by atoms with E-state index in [2.05, 4.69) is 15.3 Å². The van der Waals surface area contributed by atoms with Crippen LogP contribution in [0.1, 0.15) is 26.5 Å². The highest BCUT2D eigenvalue weighted by Gasteiger charge is 2.21. The SMILES string of the molecule is Cc1nc(-c2ccccc2)nc(-c2ccncc2)c1NC(=O)OC(C)(C)C. The first-order valence-electron chi connectivity index (χ1n) is 8.68. The molecule has 1 amide bonds. The molecular formula is C21H22N4O2. The fourth-order valence-corrected chi connectivity index (χ4v) is 2.56. The molecule has 2 aromatic heterocycles. The number of aryl methyl sites for hydroxylation is 1. The van der Waals surface area contributed by atoms with Crippen molar-refractivity contribution >= 4 is 11.8 Å². The average Bonchev–Trinajstić information content (AvgIpc) is 2.63. The van der Waals surface area contributed by atoms with Crippen molar-refractivity contribution in [3.05, 3.63) is 60.6 Å². The van der Waals surface area contributed by atoms with Crippen LogP contribution in [-0.2, 0) is 4.74 Å². The summed E-state index contributed by atoms with van der Waals surface area (Å²) in [6.45, 7) is 7.29. The Kier molecular flexibility index (Phi) is 5.16. The van der Waals surface area contributed by atoms with Crippen molar-refractivity contribution in [2.24, 2.45) is 0 Å². The van der Waals surface area contributed by atoms with Gasteiger partial charge in [0, 0.05) is 23.5 Å². The summed E-state index contributed by atoms with van der Waals surface area (Å²) in [7, 11) is 0. The minimum absolute atomic E-state index is 0.523. The Balaban J connectivity index is 2.08. The van der Waals surface area contributed by atoms with E-state index in [-0.39, 0.29) is 0 Å². The zero-order valence-corrected chi connectivity index (χ0v) is 15.9. The lowest BCUT2D eigenvalue weighted by Crippen LogP contribution is -2.28. The van der Waals surface area contributed by atoms with Crippen LogP contribution in [0.4, 0.5) is 10.5 Å². The van der Waals surface area contributed by atoms with E-state index in [0.717, 1.165) is 11.1 Å². The van der Waals surface area contributed by atoms with Crippen LogP contribution in [0.25, 0.3) is 22.6 Å². The van der Waals surface area contributed by atoms with Crippen molar-refractivity contribution in [2.45, 2.75) is 33.3 Å². The van der Waals surface area contributed by atoms with Crippen molar-refractivity contribution in [3.63, 3.8) is 0 Å². The zero-order valence-electron chi connectivity index (χ0n) is 15.9. The van der Waals surface area contributed by atoms with E-state index in [1.807, 2.05) is 70.2 Å². The van der Waals surface area contributed by atoms with E-state index in [1.165, 1.54) is 0 Å². The second kappa shape index (κ2) is 7.53. The highest BCUT2D eigenvalue weighted by atomic mass is 16.6. The molecule has 0 radical (unpaired) electrons. The lowest BCUT2D eigenvalue weighted by atomic mass is 10.1. The topological polar surface area (TPSA) is 77.0 Å². The van der Waals surface area contributed by atoms with Gasteiger partial charge in [-0.2, -0.15) is 0 Å². The van der Waals surface area contributed by atoms with Gasteiger partial charge in [0.1, 0.15) is 5.60 Å². The molecule has 0 aliphatic rings. The smallest absolute Gasteiger partial charge is 0.412 e. The minimum Gasteiger partial charge on any atom is -0.444 e. The normalized spacial score (nSPS) is 11.1. The highest BCUT2D eigenvalue weighted by molar-refractivity contribution is 5.91. The van der Waals surface area contributed by atoms with E-state index >= 15 is 0 Å². The molecule has 0 bridgehead atoms. The first-order chi connectivity index (χ1) is 12.8. The predicted molar refractivity (Wildman–Crippen MR) is 105 cm³/mol. The molecule has 0 atom stereocenters. The molecule has 6 nitrogen and oxygen atoms in total. The second-order valence-electron chi connectivity index (χ2n) is 7.09. The number of amides is 1. The molecule has 1 N–H and O–H groups in total. The third-order valence-corrected chi connectivity index (χ3v) is 3.70. The molecule has 6 heteroatoms. The number of nitrogens with zero attached hydrogens (tertiary/aromatic N) is 3. The number of rotatable bonds is 3. The van der Waals surface area contributed by atoms with E-state index in [1.54, 1.807) is 12.4 Å². The van der Waals surface area contributed by atoms with E-state index in [9.17, 15) is 4.79 Å². The van der Waals surface area contributed by atoms with Gasteiger partial charge in [0.2, 0.25) is 0 Å². The summed E-state index contributed by atoms with van der Waals surface area (Å²) in [5.41, 5.74) is 2.93. The number of hydrogen-bond acceptors (Lipinski definition) is 5. The van der Waals surface area contributed by atoms with Gasteiger partial charge in [0.25, 0.3) is 0 Å². The van der Waals surface area contributed by atoms with Crippen molar-refractivity contribution < 1.29 is 9.53 Å². The van der Waals surface area contributed by atoms with Gasteiger partial charge in [0.05, 0.1) is 17.1 Å². The quantitative estimate of drug-likeness (QED) is 0.720. The number of nitrogens with one attached hydrogen (secondary N) is 1. The number of carbonyl (C=O) groups excluding carboxylic acids is 1. The number of benzene rings is 1. The van der Waals surface area contributed by atoms with Crippen LogP contribution in [0.5, 0.6) is 0 Å². The molecule has 0 unspecified atom stereocenters. The Labute approximate surface area is 158 Å². The Morgan fingerprint density at radius 1 is 0.963 bits per heavy atom. The van der Waals surface area contributed by atoms with Gasteiger partial charge in [-0.25, -0.2) is 14.8 Å². The van der Waals surface area contributed by atoms with Crippen LogP contribution in [0, 0.1) is 6.92 Å². The predicted octanol–water partition coefficient (Wildman–Crippen LogP) is 4.86. The van der Waals surface area contributed by atoms with Gasteiger partial charge in [-0.1, -0.05) is 30.3 Å². The van der Waals surface area contributed by atoms with Crippen LogP contribution >= 0.6 is 0 Å². The second-order valence-corrected chi connectivity index (χ2v) is 7.09. The summed E-state index contributed by atoms with van der Waals surface area (Å²) in [6, 6.07) is 13.4. The molecule has 27 heavy (non-hydrogen) atoms. The molecule has 0 saturated heterocycles. The summed E-state index contributed by atoms with van der Waals surface area (Å²) >= 11 is 0. The third-order valence-electron chi connectivity index (χ3n) is 3.70. The lowest BCUT2D eigenvalue weighted by molar-refractivity contribution is 0.0635. The zero-order chi connectivity index (χ0) is 19.4. The Hall–Kier alpha value is -3.28. The molecule has 0 aliphatic heterocycles. The Morgan fingerprint density at radius 2 is 1.63 bits per heavy atom. The number of pyridine rings is 1. The number of anilines is 1. The van der Waals surface area contributed by atoms with Crippen molar-refractivity contribution in [1.29, 1.82) is 0 Å². The molecule has 138 valence electrons. The van der Waals surface area contributed by atoms with Crippen LogP contribution in [0.3, 0.4) is 0 Å². The molecule has 2 heterocycles. The van der Waals surface area contributed by atoms with Gasteiger partial charge in [-0.3, -0.25) is 10.3 Å². The highest BCUT2D eigenvalue weighted by Crippen LogP contribution is 2.31. The molecule has 1 aromatic carbocycles. The van der Waals surface area contributed by atoms with Crippen molar-refractivity contribution in [3.8, 4) is 22.6 Å². The monoisotopic (exact) mass is 362 g/mol. The standard InChI is InChI=1S/C21H22N4O2/c1-14-17(25-20(26)27-21(2,3)4)18(15-10-12-22-13-11-15)24-19(23-14)16-8-6-5-7-9-16/h5-13H,1-4H3,(H,25,26). The third kappa shape index (κ3) is 4.67. The van der Waals surface area contributed by atoms with E-state index in [4.69, 9.17) is 9.72 Å². The Bertz CT molecular complexity index is 936. The number of ether oxygens (including phenoxy) is 1. The molecule has 0 aliphatic carbocycles. The van der Waals surface area contributed by atoms with Crippen LogP contribution in [-0.4, -0.2) is 26.6 Å². The van der Waals surface area contributed by atoms with Gasteiger partial charge in [-0.15, -0.1) is 0 Å². The number of hydrogen-bond donors (Lipinski definition) is 1. The van der Waals surface area contributed by atoms with E-state index in [0.29, 0.717) is 22.9 Å². The maximum atomic E-state index is 12.3. The minimum atomic E-state index is -0.598. The Morgan fingerprint density at radius 3 is 2.26 bits per heavy atom. The molecule has 3 rings (SSSR count). The van der Waals surface area contributed by atoms with Crippen LogP contribution < -0.4 is 5.32 Å². The summed E-state index contributed by atoms with van der Waals surface area (Å²) in [4.78, 5) is 25.7. The van der Waals surface area contributed by atoms with Crippen LogP contribution in [0.2, 0.25) is 0 Å². The fraction of sp³-hybridized carbons (Fsp3) is 0.238. The van der Waals surface area contributed by atoms with Gasteiger partial charge in [0.15, 0.2) is 5.82 Å². The van der Waals surface area contributed by atoms with Crippen LogP contribution in [0.15, 0.2) is 54.9 Å². The number of aromatic nitrogens is 3. The number of carbonyl (C=O) groups is 1. The lowest BCUT2D eigenvalue weighted by Gasteiger charge is -2.21. The maximum Gasteiger partial charge on any atom is 0.412 e. The summed E-state index contributed by atoms with van der Waals surface area (Å²) < 4.78 is 5.38. The van der Waals surface area contributed by atoms with Crippen molar-refractivity contribution in [1.82, 2.24) is 15.0 Å². The molecule has 0 saturated carbocycles. The van der Waals surface area contributed by atoms with Gasteiger partial charge < -0.3 is 4.74 Å². The fourth-order valence-electron chi connectivity index (χ4n) is 2.56. The van der Waals surface area contributed by atoms with E-state index < -0.39 is 11.7 Å². The largest absolute Gasteiger partial charge is 0.444 e. The van der Waals surface area contributed by atoms with Gasteiger partial charge >= 0.3 is 6.09 Å². The first-order valence-corrected chi connectivity index (χ1v) is 8.68. The summed E-state index contributed by atoms with van der Waals surface area (Å²) in [6.07, 6.45) is 2.83. The molecule has 0 fully saturated rings. The first kappa shape index (κ1) is 18.5.